The molecule has 0 unspecified atom stereocenters. The molecule has 4 aromatic rings. The van der Waals surface area contributed by atoms with Crippen molar-refractivity contribution in [2.45, 2.75) is 46.5 Å². The number of hydrogen-bond donors (Lipinski definition) is 0. The first kappa shape index (κ1) is 17.4. The number of aromatic nitrogens is 1. The van der Waals surface area contributed by atoms with Crippen LogP contribution in [0.5, 0.6) is 0 Å². The van der Waals surface area contributed by atoms with Gasteiger partial charge in [0.1, 0.15) is 0 Å². The normalized spacial score (nSPS) is 15.0. The van der Waals surface area contributed by atoms with E-state index in [1.54, 1.807) is 0 Å². The standard InChI is InChI=1S/C27H27N/c1-26(2,3)16-17-14-19-12-13-28-25-21-11-10-18-8-6-7-9-20(18)24(21)27(4,5)22(15-17)23(19)25/h6-15H,16H2,1-5H3. The highest BCUT2D eigenvalue weighted by Crippen LogP contribution is 2.50. The minimum absolute atomic E-state index is 0.0711. The van der Waals surface area contributed by atoms with Gasteiger partial charge in [-0.2, -0.15) is 0 Å². The third kappa shape index (κ3) is 2.49. The Kier molecular flexibility index (Phi) is 3.53. The Morgan fingerprint density at radius 1 is 0.893 bits per heavy atom. The summed E-state index contributed by atoms with van der Waals surface area (Å²) >= 11 is 0. The lowest BCUT2D eigenvalue weighted by atomic mass is 9.67. The molecule has 140 valence electrons. The Morgan fingerprint density at radius 2 is 1.68 bits per heavy atom. The summed E-state index contributed by atoms with van der Waals surface area (Å²) < 4.78 is 0. The zero-order valence-corrected chi connectivity index (χ0v) is 17.4. The average molecular weight is 366 g/mol. The predicted molar refractivity (Wildman–Crippen MR) is 120 cm³/mol. The smallest absolute Gasteiger partial charge is 0.0786 e. The van der Waals surface area contributed by atoms with Crippen molar-refractivity contribution in [1.82, 2.24) is 4.98 Å². The van der Waals surface area contributed by atoms with E-state index in [1.165, 1.54) is 43.8 Å². The second-order valence-electron chi connectivity index (χ2n) is 9.97. The van der Waals surface area contributed by atoms with Crippen molar-refractivity contribution in [2.24, 2.45) is 5.41 Å². The van der Waals surface area contributed by atoms with Gasteiger partial charge in [0, 0.05) is 22.6 Å². The van der Waals surface area contributed by atoms with Crippen LogP contribution in [0.3, 0.4) is 0 Å². The highest BCUT2D eigenvalue weighted by molar-refractivity contribution is 6.05. The Bertz CT molecular complexity index is 1240. The second kappa shape index (κ2) is 5.67. The van der Waals surface area contributed by atoms with Crippen LogP contribution in [0.2, 0.25) is 0 Å². The maximum Gasteiger partial charge on any atom is 0.0786 e. The van der Waals surface area contributed by atoms with E-state index in [2.05, 4.69) is 89.2 Å². The third-order valence-corrected chi connectivity index (χ3v) is 6.14. The number of benzene rings is 3. The lowest BCUT2D eigenvalue weighted by Gasteiger charge is -2.36. The van der Waals surface area contributed by atoms with Crippen molar-refractivity contribution in [3.63, 3.8) is 0 Å². The third-order valence-electron chi connectivity index (χ3n) is 6.14. The summed E-state index contributed by atoms with van der Waals surface area (Å²) in [5.74, 6) is 0. The summed E-state index contributed by atoms with van der Waals surface area (Å²) in [7, 11) is 0. The van der Waals surface area contributed by atoms with E-state index >= 15 is 0 Å². The predicted octanol–water partition coefficient (Wildman–Crippen LogP) is 7.28. The van der Waals surface area contributed by atoms with Crippen LogP contribution in [0.25, 0.3) is 32.8 Å². The van der Waals surface area contributed by atoms with Crippen molar-refractivity contribution < 1.29 is 0 Å². The largest absolute Gasteiger partial charge is 0.256 e. The Morgan fingerprint density at radius 3 is 2.46 bits per heavy atom. The molecule has 0 amide bonds. The fraction of sp³-hybridized carbons (Fsp3) is 0.296. The van der Waals surface area contributed by atoms with Gasteiger partial charge in [-0.3, -0.25) is 4.98 Å². The fourth-order valence-corrected chi connectivity index (χ4v) is 5.07. The molecule has 1 aromatic heterocycles. The van der Waals surface area contributed by atoms with Crippen molar-refractivity contribution >= 4 is 21.5 Å². The number of fused-ring (bicyclic) bond motifs is 4. The maximum atomic E-state index is 4.86. The van der Waals surface area contributed by atoms with Gasteiger partial charge in [-0.1, -0.05) is 83.1 Å². The first-order valence-electron chi connectivity index (χ1n) is 10.2. The molecule has 1 heteroatoms. The Hall–Kier alpha value is -2.67. The summed E-state index contributed by atoms with van der Waals surface area (Å²) in [4.78, 5) is 4.86. The summed E-state index contributed by atoms with van der Waals surface area (Å²) in [6.45, 7) is 11.7. The van der Waals surface area contributed by atoms with E-state index in [4.69, 9.17) is 4.98 Å². The van der Waals surface area contributed by atoms with E-state index in [0.717, 1.165) is 12.1 Å². The van der Waals surface area contributed by atoms with Crippen LogP contribution in [0.4, 0.5) is 0 Å². The van der Waals surface area contributed by atoms with Gasteiger partial charge in [-0.25, -0.2) is 0 Å². The number of hydrogen-bond acceptors (Lipinski definition) is 1. The van der Waals surface area contributed by atoms with Gasteiger partial charge in [-0.05, 0) is 50.8 Å². The van der Waals surface area contributed by atoms with Crippen LogP contribution in [0, 0.1) is 5.41 Å². The summed E-state index contributed by atoms with van der Waals surface area (Å²) in [5, 5.41) is 5.29. The molecule has 0 spiro atoms. The van der Waals surface area contributed by atoms with Gasteiger partial charge in [-0.15, -0.1) is 0 Å². The number of pyridine rings is 1. The zero-order valence-electron chi connectivity index (χ0n) is 17.4. The van der Waals surface area contributed by atoms with E-state index in [0.29, 0.717) is 0 Å². The first-order valence-corrected chi connectivity index (χ1v) is 10.2. The highest BCUT2D eigenvalue weighted by atomic mass is 14.7. The van der Waals surface area contributed by atoms with Crippen LogP contribution < -0.4 is 0 Å². The van der Waals surface area contributed by atoms with Crippen LogP contribution in [-0.4, -0.2) is 4.98 Å². The summed E-state index contributed by atoms with van der Waals surface area (Å²) in [5.41, 5.74) is 6.85. The molecule has 0 saturated carbocycles. The van der Waals surface area contributed by atoms with E-state index in [1.807, 2.05) is 6.20 Å². The van der Waals surface area contributed by atoms with Crippen LogP contribution in [-0.2, 0) is 11.8 Å². The molecule has 0 bridgehead atoms. The lowest BCUT2D eigenvalue weighted by Crippen LogP contribution is -2.25. The SMILES string of the molecule is CC(C)(C)Cc1cc2c3c(nccc3c1)-c1ccc3ccccc3c1C2(C)C. The van der Waals surface area contributed by atoms with Gasteiger partial charge in [0.2, 0.25) is 0 Å². The first-order chi connectivity index (χ1) is 13.3. The van der Waals surface area contributed by atoms with Gasteiger partial charge in [0.15, 0.2) is 0 Å². The lowest BCUT2D eigenvalue weighted by molar-refractivity contribution is 0.411. The minimum atomic E-state index is -0.0711. The van der Waals surface area contributed by atoms with Crippen LogP contribution >= 0.6 is 0 Å². The van der Waals surface area contributed by atoms with E-state index < -0.39 is 0 Å². The molecule has 1 aliphatic rings. The van der Waals surface area contributed by atoms with Gasteiger partial charge in [0.05, 0.1) is 5.69 Å². The van der Waals surface area contributed by atoms with Crippen LogP contribution in [0.15, 0.2) is 60.8 Å². The Labute approximate surface area is 167 Å². The zero-order chi connectivity index (χ0) is 19.7. The van der Waals surface area contributed by atoms with E-state index in [-0.39, 0.29) is 10.8 Å². The molecular formula is C27H27N. The number of rotatable bonds is 1. The van der Waals surface area contributed by atoms with Crippen molar-refractivity contribution in [1.29, 1.82) is 0 Å². The highest BCUT2D eigenvalue weighted by Gasteiger charge is 2.36. The molecule has 0 fully saturated rings. The second-order valence-corrected chi connectivity index (χ2v) is 9.97. The van der Waals surface area contributed by atoms with Gasteiger partial charge >= 0.3 is 0 Å². The number of nitrogens with zero attached hydrogens (tertiary/aromatic N) is 1. The average Bonchev–Trinajstić information content (AvgIpc) is 2.63. The molecule has 0 saturated heterocycles. The summed E-state index contributed by atoms with van der Waals surface area (Å²) in [6, 6.07) is 20.3. The molecule has 0 aliphatic heterocycles. The van der Waals surface area contributed by atoms with Crippen molar-refractivity contribution in [3.8, 4) is 11.3 Å². The van der Waals surface area contributed by atoms with Gasteiger partial charge in [0.25, 0.3) is 0 Å². The molecule has 1 aliphatic carbocycles. The topological polar surface area (TPSA) is 12.9 Å². The molecule has 1 nitrogen and oxygen atoms in total. The molecule has 5 rings (SSSR count). The molecule has 0 N–H and O–H groups in total. The molecule has 0 radical (unpaired) electrons. The monoisotopic (exact) mass is 365 g/mol. The van der Waals surface area contributed by atoms with E-state index in [9.17, 15) is 0 Å². The van der Waals surface area contributed by atoms with Gasteiger partial charge < -0.3 is 0 Å². The Balaban J connectivity index is 1.90. The molecule has 28 heavy (non-hydrogen) atoms. The molecule has 3 aromatic carbocycles. The molecular weight excluding hydrogens is 338 g/mol. The van der Waals surface area contributed by atoms with Crippen molar-refractivity contribution in [3.05, 3.63) is 77.5 Å². The van der Waals surface area contributed by atoms with Crippen LogP contribution in [0.1, 0.15) is 51.3 Å². The quantitative estimate of drug-likeness (QED) is 0.345. The molecule has 1 heterocycles. The maximum absolute atomic E-state index is 4.86. The summed E-state index contributed by atoms with van der Waals surface area (Å²) in [6.07, 6.45) is 3.05. The molecule has 0 atom stereocenters. The fourth-order valence-electron chi connectivity index (χ4n) is 5.07. The minimum Gasteiger partial charge on any atom is -0.256 e. The van der Waals surface area contributed by atoms with Crippen molar-refractivity contribution in [2.75, 3.05) is 0 Å².